The number of anilines is 2. The first kappa shape index (κ1) is 22.7. The SMILES string of the molecule is CN(C)c1ccc(C(=O)NCc2cccc(NC(=O)CCN3CCOCC3)c2)cc1F. The summed E-state index contributed by atoms with van der Waals surface area (Å²) >= 11 is 0. The quantitative estimate of drug-likeness (QED) is 0.676. The molecule has 1 heterocycles. The van der Waals surface area contributed by atoms with Crippen molar-refractivity contribution in [3.05, 3.63) is 59.4 Å². The zero-order valence-corrected chi connectivity index (χ0v) is 18.0. The second-order valence-corrected chi connectivity index (χ2v) is 7.70. The average molecular weight is 429 g/mol. The topological polar surface area (TPSA) is 73.9 Å². The van der Waals surface area contributed by atoms with Crippen LogP contribution in [0.4, 0.5) is 15.8 Å². The lowest BCUT2D eigenvalue weighted by molar-refractivity contribution is -0.116. The fraction of sp³-hybridized carbons (Fsp3) is 0.391. The smallest absolute Gasteiger partial charge is 0.251 e. The van der Waals surface area contributed by atoms with Crippen molar-refractivity contribution in [2.45, 2.75) is 13.0 Å². The fourth-order valence-electron chi connectivity index (χ4n) is 3.36. The minimum Gasteiger partial charge on any atom is -0.379 e. The van der Waals surface area contributed by atoms with E-state index in [4.69, 9.17) is 4.74 Å². The van der Waals surface area contributed by atoms with Gasteiger partial charge in [-0.1, -0.05) is 12.1 Å². The van der Waals surface area contributed by atoms with Gasteiger partial charge in [0.25, 0.3) is 5.91 Å². The first-order valence-electron chi connectivity index (χ1n) is 10.4. The van der Waals surface area contributed by atoms with E-state index in [9.17, 15) is 14.0 Å². The molecule has 166 valence electrons. The number of hydrogen-bond acceptors (Lipinski definition) is 5. The number of benzene rings is 2. The Morgan fingerprint density at radius 2 is 1.90 bits per heavy atom. The Labute approximate surface area is 182 Å². The number of carbonyl (C=O) groups excluding carboxylic acids is 2. The van der Waals surface area contributed by atoms with Gasteiger partial charge in [-0.05, 0) is 35.9 Å². The van der Waals surface area contributed by atoms with E-state index in [1.807, 2.05) is 24.3 Å². The number of amides is 2. The molecular formula is C23H29FN4O3. The molecule has 0 unspecified atom stereocenters. The van der Waals surface area contributed by atoms with E-state index in [0.717, 1.165) is 18.7 Å². The normalized spacial score (nSPS) is 14.2. The highest BCUT2D eigenvalue weighted by molar-refractivity contribution is 5.94. The molecule has 0 bridgehead atoms. The number of ether oxygens (including phenoxy) is 1. The number of carbonyl (C=O) groups is 2. The van der Waals surface area contributed by atoms with Gasteiger partial charge in [0, 0.05) is 57.9 Å². The lowest BCUT2D eigenvalue weighted by Gasteiger charge is -2.26. The first-order chi connectivity index (χ1) is 14.9. The van der Waals surface area contributed by atoms with Crippen LogP contribution in [0.25, 0.3) is 0 Å². The molecule has 0 atom stereocenters. The minimum atomic E-state index is -0.445. The Hall–Kier alpha value is -2.97. The molecule has 0 aliphatic carbocycles. The van der Waals surface area contributed by atoms with Crippen molar-refractivity contribution in [1.82, 2.24) is 10.2 Å². The molecule has 2 amide bonds. The third kappa shape index (κ3) is 6.77. The third-order valence-electron chi connectivity index (χ3n) is 5.11. The van der Waals surface area contributed by atoms with Crippen molar-refractivity contribution in [3.8, 4) is 0 Å². The molecule has 0 radical (unpaired) electrons. The highest BCUT2D eigenvalue weighted by Crippen LogP contribution is 2.18. The molecular weight excluding hydrogens is 399 g/mol. The van der Waals surface area contributed by atoms with Gasteiger partial charge in [0.2, 0.25) is 5.91 Å². The Morgan fingerprint density at radius 1 is 1.13 bits per heavy atom. The molecule has 2 aromatic rings. The van der Waals surface area contributed by atoms with Crippen molar-refractivity contribution in [2.24, 2.45) is 0 Å². The van der Waals surface area contributed by atoms with E-state index in [1.165, 1.54) is 6.07 Å². The van der Waals surface area contributed by atoms with Crippen LogP contribution in [0.1, 0.15) is 22.3 Å². The van der Waals surface area contributed by atoms with Crippen molar-refractivity contribution in [3.63, 3.8) is 0 Å². The van der Waals surface area contributed by atoms with E-state index in [2.05, 4.69) is 15.5 Å². The maximum absolute atomic E-state index is 14.1. The van der Waals surface area contributed by atoms with Crippen molar-refractivity contribution in [1.29, 1.82) is 0 Å². The van der Waals surface area contributed by atoms with Crippen LogP contribution in [-0.4, -0.2) is 63.7 Å². The van der Waals surface area contributed by atoms with Crippen LogP contribution in [0.3, 0.4) is 0 Å². The molecule has 3 rings (SSSR count). The average Bonchev–Trinajstić information content (AvgIpc) is 2.76. The molecule has 8 heteroatoms. The lowest BCUT2D eigenvalue weighted by atomic mass is 10.1. The van der Waals surface area contributed by atoms with Crippen LogP contribution in [0.5, 0.6) is 0 Å². The van der Waals surface area contributed by atoms with Crippen LogP contribution in [-0.2, 0) is 16.1 Å². The van der Waals surface area contributed by atoms with Crippen molar-refractivity contribution in [2.75, 3.05) is 57.2 Å². The summed E-state index contributed by atoms with van der Waals surface area (Å²) in [6.45, 7) is 4.10. The number of morpholine rings is 1. The van der Waals surface area contributed by atoms with E-state index >= 15 is 0 Å². The fourth-order valence-corrected chi connectivity index (χ4v) is 3.36. The molecule has 1 aliphatic rings. The van der Waals surface area contributed by atoms with E-state index in [-0.39, 0.29) is 23.9 Å². The molecule has 0 spiro atoms. The third-order valence-corrected chi connectivity index (χ3v) is 5.11. The summed E-state index contributed by atoms with van der Waals surface area (Å²) in [6, 6.07) is 11.7. The Morgan fingerprint density at radius 3 is 2.61 bits per heavy atom. The van der Waals surface area contributed by atoms with Gasteiger partial charge in [0.1, 0.15) is 5.82 Å². The summed E-state index contributed by atoms with van der Waals surface area (Å²) in [5.74, 6) is -0.854. The van der Waals surface area contributed by atoms with Crippen molar-refractivity contribution >= 4 is 23.2 Å². The molecule has 1 aliphatic heterocycles. The maximum atomic E-state index is 14.1. The van der Waals surface area contributed by atoms with Gasteiger partial charge in [0.15, 0.2) is 0 Å². The van der Waals surface area contributed by atoms with Gasteiger partial charge in [-0.15, -0.1) is 0 Å². The van der Waals surface area contributed by atoms with E-state index in [1.54, 1.807) is 31.1 Å². The Balaban J connectivity index is 1.50. The van der Waals surface area contributed by atoms with Gasteiger partial charge in [-0.25, -0.2) is 4.39 Å². The van der Waals surface area contributed by atoms with Crippen LogP contribution < -0.4 is 15.5 Å². The predicted molar refractivity (Wildman–Crippen MR) is 119 cm³/mol. The second kappa shape index (κ2) is 10.9. The molecule has 1 saturated heterocycles. The van der Waals surface area contributed by atoms with E-state index in [0.29, 0.717) is 37.6 Å². The standard InChI is InChI=1S/C23H29FN4O3/c1-27(2)21-7-6-18(15-20(21)24)23(30)25-16-17-4-3-5-19(14-17)26-22(29)8-9-28-10-12-31-13-11-28/h3-7,14-15H,8-13,16H2,1-2H3,(H,25,30)(H,26,29). The highest BCUT2D eigenvalue weighted by Gasteiger charge is 2.13. The summed E-state index contributed by atoms with van der Waals surface area (Å²) in [7, 11) is 3.49. The highest BCUT2D eigenvalue weighted by atomic mass is 19.1. The number of hydrogen-bond donors (Lipinski definition) is 2. The van der Waals surface area contributed by atoms with Gasteiger partial charge >= 0.3 is 0 Å². The molecule has 31 heavy (non-hydrogen) atoms. The molecule has 0 aromatic heterocycles. The summed E-state index contributed by atoms with van der Waals surface area (Å²) in [5, 5.41) is 5.69. The number of nitrogens with one attached hydrogen (secondary N) is 2. The second-order valence-electron chi connectivity index (χ2n) is 7.70. The molecule has 7 nitrogen and oxygen atoms in total. The molecule has 1 fully saturated rings. The zero-order valence-electron chi connectivity index (χ0n) is 18.0. The Kier molecular flexibility index (Phi) is 7.97. The summed E-state index contributed by atoms with van der Waals surface area (Å²) in [6.07, 6.45) is 0.412. The summed E-state index contributed by atoms with van der Waals surface area (Å²) < 4.78 is 19.4. The number of nitrogens with zero attached hydrogens (tertiary/aromatic N) is 2. The van der Waals surface area contributed by atoms with Gasteiger partial charge in [-0.3, -0.25) is 14.5 Å². The van der Waals surface area contributed by atoms with Crippen LogP contribution in [0.15, 0.2) is 42.5 Å². The monoisotopic (exact) mass is 428 g/mol. The van der Waals surface area contributed by atoms with Gasteiger partial charge in [-0.2, -0.15) is 0 Å². The number of halogens is 1. The predicted octanol–water partition coefficient (Wildman–Crippen LogP) is 2.48. The summed E-state index contributed by atoms with van der Waals surface area (Å²) in [5.41, 5.74) is 2.20. The molecule has 2 aromatic carbocycles. The summed E-state index contributed by atoms with van der Waals surface area (Å²) in [4.78, 5) is 28.5. The van der Waals surface area contributed by atoms with E-state index < -0.39 is 5.82 Å². The van der Waals surface area contributed by atoms with Crippen LogP contribution in [0.2, 0.25) is 0 Å². The molecule has 2 N–H and O–H groups in total. The minimum absolute atomic E-state index is 0.0517. The van der Waals surface area contributed by atoms with Gasteiger partial charge in [0.05, 0.1) is 18.9 Å². The van der Waals surface area contributed by atoms with Crippen molar-refractivity contribution < 1.29 is 18.7 Å². The maximum Gasteiger partial charge on any atom is 0.251 e. The molecule has 0 saturated carbocycles. The first-order valence-corrected chi connectivity index (χ1v) is 10.4. The van der Waals surface area contributed by atoms with Crippen LogP contribution >= 0.6 is 0 Å². The lowest BCUT2D eigenvalue weighted by Crippen LogP contribution is -2.38. The number of rotatable bonds is 8. The largest absolute Gasteiger partial charge is 0.379 e. The zero-order chi connectivity index (χ0) is 22.2. The van der Waals surface area contributed by atoms with Crippen LogP contribution in [0, 0.1) is 5.82 Å². The Bertz CT molecular complexity index is 913. The van der Waals surface area contributed by atoms with Gasteiger partial charge < -0.3 is 20.3 Å².